The maximum Gasteiger partial charge on any atom is 0.260 e. The summed E-state index contributed by atoms with van der Waals surface area (Å²) in [4.78, 5) is 11.9. The standard InChI is InChI=1S/C13H17N5OS/c1-18-6-7(5-17-18)4-16-13-9(8-2-3-8)10(14)11(20-13)12(15)19/h5-6,8,16H,2-4,14H2,1H3,(H2,15,19). The van der Waals surface area contributed by atoms with E-state index < -0.39 is 5.91 Å². The Kier molecular flexibility index (Phi) is 3.13. The highest BCUT2D eigenvalue weighted by Crippen LogP contribution is 2.50. The summed E-state index contributed by atoms with van der Waals surface area (Å²) in [7, 11) is 1.88. The molecule has 2 aromatic heterocycles. The Labute approximate surface area is 120 Å². The first-order chi connectivity index (χ1) is 9.56. The predicted octanol–water partition coefficient (Wildman–Crippen LogP) is 1.65. The number of primary amides is 1. The Morgan fingerprint density at radius 1 is 1.60 bits per heavy atom. The summed E-state index contributed by atoms with van der Waals surface area (Å²) in [5, 5.41) is 8.45. The topological polar surface area (TPSA) is 99.0 Å². The molecule has 0 atom stereocenters. The summed E-state index contributed by atoms with van der Waals surface area (Å²) in [6.45, 7) is 0.658. The van der Waals surface area contributed by atoms with Gasteiger partial charge in [-0.2, -0.15) is 5.10 Å². The fraction of sp³-hybridized carbons (Fsp3) is 0.385. The first-order valence-electron chi connectivity index (χ1n) is 6.49. The van der Waals surface area contributed by atoms with Crippen molar-refractivity contribution in [3.8, 4) is 0 Å². The second kappa shape index (κ2) is 4.82. The number of thiophene rings is 1. The molecule has 0 aliphatic heterocycles. The van der Waals surface area contributed by atoms with E-state index in [4.69, 9.17) is 11.5 Å². The van der Waals surface area contributed by atoms with Crippen molar-refractivity contribution in [1.82, 2.24) is 9.78 Å². The molecule has 0 unspecified atom stereocenters. The summed E-state index contributed by atoms with van der Waals surface area (Å²) >= 11 is 1.35. The van der Waals surface area contributed by atoms with Crippen LogP contribution in [0.15, 0.2) is 12.4 Å². The lowest BCUT2D eigenvalue weighted by Gasteiger charge is -2.05. The SMILES string of the molecule is Cn1cc(CNc2sc(C(N)=O)c(N)c2C2CC2)cn1. The number of hydrogen-bond acceptors (Lipinski definition) is 5. The van der Waals surface area contributed by atoms with E-state index in [2.05, 4.69) is 10.4 Å². The van der Waals surface area contributed by atoms with Gasteiger partial charge in [0.2, 0.25) is 0 Å². The van der Waals surface area contributed by atoms with Crippen molar-refractivity contribution in [3.63, 3.8) is 0 Å². The predicted molar refractivity (Wildman–Crippen MR) is 79.8 cm³/mol. The monoisotopic (exact) mass is 291 g/mol. The molecule has 0 spiro atoms. The van der Waals surface area contributed by atoms with Crippen LogP contribution in [0.1, 0.15) is 39.6 Å². The van der Waals surface area contributed by atoms with Gasteiger partial charge in [0.15, 0.2) is 0 Å². The minimum absolute atomic E-state index is 0.455. The van der Waals surface area contributed by atoms with Crippen LogP contribution in [0, 0.1) is 0 Å². The van der Waals surface area contributed by atoms with Crippen LogP contribution in [0.25, 0.3) is 0 Å². The second-order valence-electron chi connectivity index (χ2n) is 5.10. The molecule has 20 heavy (non-hydrogen) atoms. The molecule has 6 nitrogen and oxygen atoms in total. The maximum atomic E-state index is 11.4. The van der Waals surface area contributed by atoms with Gasteiger partial charge >= 0.3 is 0 Å². The lowest BCUT2D eigenvalue weighted by Crippen LogP contribution is -2.11. The van der Waals surface area contributed by atoms with Crippen molar-refractivity contribution in [1.29, 1.82) is 0 Å². The minimum Gasteiger partial charge on any atom is -0.397 e. The molecule has 1 aliphatic carbocycles. The zero-order chi connectivity index (χ0) is 14.3. The molecule has 106 valence electrons. The molecule has 5 N–H and O–H groups in total. The highest BCUT2D eigenvalue weighted by atomic mass is 32.1. The van der Waals surface area contributed by atoms with Gasteiger partial charge in [0.05, 0.1) is 16.9 Å². The van der Waals surface area contributed by atoms with E-state index >= 15 is 0 Å². The Hall–Kier alpha value is -2.02. The number of carbonyl (C=O) groups excluding carboxylic acids is 1. The van der Waals surface area contributed by atoms with E-state index in [0.29, 0.717) is 23.0 Å². The molecule has 2 aromatic rings. The number of nitrogens with zero attached hydrogens (tertiary/aromatic N) is 2. The highest BCUT2D eigenvalue weighted by Gasteiger charge is 2.32. The number of aromatic nitrogens is 2. The van der Waals surface area contributed by atoms with Crippen molar-refractivity contribution in [3.05, 3.63) is 28.4 Å². The molecule has 0 saturated heterocycles. The minimum atomic E-state index is -0.455. The average molecular weight is 291 g/mol. The van der Waals surface area contributed by atoms with Crippen molar-refractivity contribution in [2.45, 2.75) is 25.3 Å². The van der Waals surface area contributed by atoms with Crippen LogP contribution in [-0.4, -0.2) is 15.7 Å². The van der Waals surface area contributed by atoms with Crippen molar-refractivity contribution in [2.75, 3.05) is 11.1 Å². The molecule has 1 saturated carbocycles. The molecule has 1 amide bonds. The Morgan fingerprint density at radius 3 is 2.90 bits per heavy atom. The van der Waals surface area contributed by atoms with Gasteiger partial charge in [-0.05, 0) is 18.8 Å². The van der Waals surface area contributed by atoms with Crippen LogP contribution < -0.4 is 16.8 Å². The van der Waals surface area contributed by atoms with E-state index in [0.717, 1.165) is 29.0 Å². The molecular formula is C13H17N5OS. The fourth-order valence-electron chi connectivity index (χ4n) is 2.29. The first kappa shape index (κ1) is 13.0. The summed E-state index contributed by atoms with van der Waals surface area (Å²) in [6.07, 6.45) is 6.02. The van der Waals surface area contributed by atoms with E-state index in [1.807, 2.05) is 19.4 Å². The van der Waals surface area contributed by atoms with E-state index in [9.17, 15) is 4.79 Å². The van der Waals surface area contributed by atoms with E-state index in [1.54, 1.807) is 4.68 Å². The number of hydrogen-bond donors (Lipinski definition) is 3. The number of anilines is 2. The lowest BCUT2D eigenvalue weighted by molar-refractivity contribution is 0.100. The zero-order valence-electron chi connectivity index (χ0n) is 11.2. The molecule has 1 fully saturated rings. The van der Waals surface area contributed by atoms with Gasteiger partial charge in [-0.25, -0.2) is 0 Å². The van der Waals surface area contributed by atoms with Crippen LogP contribution in [0.2, 0.25) is 0 Å². The Morgan fingerprint density at radius 2 is 2.35 bits per heavy atom. The van der Waals surface area contributed by atoms with Gasteiger partial charge in [0, 0.05) is 30.9 Å². The van der Waals surface area contributed by atoms with Crippen LogP contribution in [-0.2, 0) is 13.6 Å². The Bertz CT molecular complexity index is 656. The lowest BCUT2D eigenvalue weighted by atomic mass is 10.1. The molecule has 1 aliphatic rings. The number of nitrogen functional groups attached to an aromatic ring is 1. The quantitative estimate of drug-likeness (QED) is 0.780. The summed E-state index contributed by atoms with van der Waals surface area (Å²) < 4.78 is 1.76. The van der Waals surface area contributed by atoms with Crippen molar-refractivity contribution < 1.29 is 4.79 Å². The summed E-state index contributed by atoms with van der Waals surface area (Å²) in [5.41, 5.74) is 14.2. The largest absolute Gasteiger partial charge is 0.397 e. The third-order valence-electron chi connectivity index (χ3n) is 3.40. The van der Waals surface area contributed by atoms with Crippen molar-refractivity contribution in [2.24, 2.45) is 12.8 Å². The number of rotatable bonds is 5. The molecule has 2 heterocycles. The number of nitrogens with one attached hydrogen (secondary N) is 1. The second-order valence-corrected chi connectivity index (χ2v) is 6.12. The molecule has 0 aromatic carbocycles. The fourth-order valence-corrected chi connectivity index (χ4v) is 3.35. The number of aryl methyl sites for hydroxylation is 1. The normalized spacial score (nSPS) is 14.4. The Balaban J connectivity index is 1.84. The molecule has 0 radical (unpaired) electrons. The summed E-state index contributed by atoms with van der Waals surface area (Å²) in [6, 6.07) is 0. The zero-order valence-corrected chi connectivity index (χ0v) is 12.0. The van der Waals surface area contributed by atoms with Crippen molar-refractivity contribution >= 4 is 27.9 Å². The summed E-state index contributed by atoms with van der Waals surface area (Å²) in [5.74, 6) is 0.0135. The number of nitrogens with two attached hydrogens (primary N) is 2. The van der Waals surface area contributed by atoms with Gasteiger partial charge < -0.3 is 16.8 Å². The van der Waals surface area contributed by atoms with Gasteiger partial charge in [-0.3, -0.25) is 9.48 Å². The van der Waals surface area contributed by atoms with Gasteiger partial charge in [-0.15, -0.1) is 11.3 Å². The number of carbonyl (C=O) groups is 1. The van der Waals surface area contributed by atoms with Gasteiger partial charge in [0.1, 0.15) is 4.88 Å². The third-order valence-corrected chi connectivity index (χ3v) is 4.60. The number of amides is 1. The molecular weight excluding hydrogens is 274 g/mol. The molecule has 7 heteroatoms. The first-order valence-corrected chi connectivity index (χ1v) is 7.31. The molecule has 3 rings (SSSR count). The van der Waals surface area contributed by atoms with Crippen LogP contribution in [0.5, 0.6) is 0 Å². The van der Waals surface area contributed by atoms with Crippen LogP contribution >= 0.6 is 11.3 Å². The smallest absolute Gasteiger partial charge is 0.260 e. The van der Waals surface area contributed by atoms with E-state index in [1.165, 1.54) is 11.3 Å². The highest BCUT2D eigenvalue weighted by molar-refractivity contribution is 7.18. The maximum absolute atomic E-state index is 11.4. The van der Waals surface area contributed by atoms with Crippen LogP contribution in [0.3, 0.4) is 0 Å². The average Bonchev–Trinajstić information content (AvgIpc) is 3.05. The van der Waals surface area contributed by atoms with E-state index in [-0.39, 0.29) is 0 Å². The third kappa shape index (κ3) is 2.36. The molecule has 0 bridgehead atoms. The van der Waals surface area contributed by atoms with Crippen LogP contribution in [0.4, 0.5) is 10.7 Å². The van der Waals surface area contributed by atoms with Gasteiger partial charge in [-0.1, -0.05) is 0 Å². The van der Waals surface area contributed by atoms with Gasteiger partial charge in [0.25, 0.3) is 5.91 Å².